The first-order valence-electron chi connectivity index (χ1n) is 7.66. The normalized spacial score (nSPS) is 15.5. The van der Waals surface area contributed by atoms with Gasteiger partial charge in [0.25, 0.3) is 5.91 Å². The van der Waals surface area contributed by atoms with Crippen LogP contribution in [0, 0.1) is 5.82 Å². The maximum absolute atomic E-state index is 14.0. The van der Waals surface area contributed by atoms with Gasteiger partial charge in [-0.1, -0.05) is 40.2 Å². The molecule has 0 aromatic heterocycles. The number of benzene rings is 2. The molecule has 0 aliphatic carbocycles. The quantitative estimate of drug-likeness (QED) is 0.720. The number of carbonyl (C=O) groups is 1. The van der Waals surface area contributed by atoms with Crippen molar-refractivity contribution in [1.29, 1.82) is 0 Å². The van der Waals surface area contributed by atoms with Gasteiger partial charge < -0.3 is 9.64 Å². The Morgan fingerprint density at radius 2 is 2.17 bits per heavy atom. The number of hydrogen-bond donors (Lipinski definition) is 0. The summed E-state index contributed by atoms with van der Waals surface area (Å²) in [6.45, 7) is 4.20. The molecule has 0 fully saturated rings. The van der Waals surface area contributed by atoms with Crippen LogP contribution in [0.2, 0.25) is 0 Å². The summed E-state index contributed by atoms with van der Waals surface area (Å²) in [6.07, 6.45) is 1.59. The highest BCUT2D eigenvalue weighted by molar-refractivity contribution is 9.10. The molecule has 3 nitrogen and oxygen atoms in total. The zero-order valence-corrected chi connectivity index (χ0v) is 14.6. The van der Waals surface area contributed by atoms with Crippen LogP contribution in [-0.2, 0) is 17.8 Å². The minimum atomic E-state index is -0.572. The van der Waals surface area contributed by atoms with Crippen molar-refractivity contribution in [3.05, 3.63) is 76.5 Å². The van der Waals surface area contributed by atoms with Crippen molar-refractivity contribution in [1.82, 2.24) is 4.90 Å². The number of halogens is 2. The first-order chi connectivity index (χ1) is 11.6. The predicted octanol–water partition coefficient (Wildman–Crippen LogP) is 4.11. The Kier molecular flexibility index (Phi) is 5.00. The van der Waals surface area contributed by atoms with E-state index >= 15 is 0 Å². The van der Waals surface area contributed by atoms with Crippen molar-refractivity contribution in [3.8, 4) is 5.75 Å². The second-order valence-corrected chi connectivity index (χ2v) is 6.58. The maximum atomic E-state index is 14.0. The van der Waals surface area contributed by atoms with Gasteiger partial charge in [0.2, 0.25) is 0 Å². The van der Waals surface area contributed by atoms with Gasteiger partial charge in [0.1, 0.15) is 11.6 Å². The van der Waals surface area contributed by atoms with Gasteiger partial charge in [-0.3, -0.25) is 4.79 Å². The molecule has 3 rings (SSSR count). The van der Waals surface area contributed by atoms with Crippen LogP contribution in [0.4, 0.5) is 4.39 Å². The van der Waals surface area contributed by atoms with Gasteiger partial charge in [-0.15, -0.1) is 6.58 Å². The van der Waals surface area contributed by atoms with E-state index in [9.17, 15) is 9.18 Å². The van der Waals surface area contributed by atoms with Crippen LogP contribution in [0.1, 0.15) is 11.1 Å². The maximum Gasteiger partial charge on any atom is 0.264 e. The summed E-state index contributed by atoms with van der Waals surface area (Å²) in [6, 6.07) is 12.3. The predicted molar refractivity (Wildman–Crippen MR) is 94.3 cm³/mol. The van der Waals surface area contributed by atoms with Crippen LogP contribution >= 0.6 is 15.9 Å². The first kappa shape index (κ1) is 16.7. The molecule has 124 valence electrons. The van der Waals surface area contributed by atoms with E-state index in [2.05, 4.69) is 22.5 Å². The third-order valence-electron chi connectivity index (χ3n) is 3.95. The van der Waals surface area contributed by atoms with E-state index in [1.807, 2.05) is 24.3 Å². The zero-order valence-electron chi connectivity index (χ0n) is 13.0. The molecular weight excluding hydrogens is 373 g/mol. The molecule has 0 spiro atoms. The molecule has 2 aromatic rings. The smallest absolute Gasteiger partial charge is 0.264 e. The van der Waals surface area contributed by atoms with Crippen LogP contribution in [0.15, 0.2) is 59.6 Å². The molecule has 0 bridgehead atoms. The first-order valence-corrected chi connectivity index (χ1v) is 8.46. The highest BCUT2D eigenvalue weighted by Crippen LogP contribution is 2.29. The molecule has 1 aliphatic rings. The summed E-state index contributed by atoms with van der Waals surface area (Å²) in [7, 11) is 0. The van der Waals surface area contributed by atoms with Crippen LogP contribution in [0.3, 0.4) is 0 Å². The van der Waals surface area contributed by atoms with Crippen LogP contribution < -0.4 is 4.74 Å². The average molecular weight is 390 g/mol. The molecule has 24 heavy (non-hydrogen) atoms. The molecule has 5 heteroatoms. The lowest BCUT2D eigenvalue weighted by molar-refractivity contribution is -0.138. The summed E-state index contributed by atoms with van der Waals surface area (Å²) in [5, 5.41) is 0. The van der Waals surface area contributed by atoms with Crippen LogP contribution in [0.25, 0.3) is 0 Å². The Balaban J connectivity index is 1.77. The minimum Gasteiger partial charge on any atom is -0.480 e. The standard InChI is InChI=1S/C19H17BrFNO2/c1-2-9-22(12-14-10-15(20)7-8-16(14)21)19(23)18-11-13-5-3-4-6-17(13)24-18/h2-8,10,18H,1,9,11-12H2. The fourth-order valence-electron chi connectivity index (χ4n) is 2.78. The Hall–Kier alpha value is -2.14. The number of hydrogen-bond acceptors (Lipinski definition) is 2. The summed E-state index contributed by atoms with van der Waals surface area (Å²) < 4.78 is 20.5. The van der Waals surface area contributed by atoms with E-state index in [1.54, 1.807) is 23.1 Å². The molecule has 1 aliphatic heterocycles. The number of carbonyl (C=O) groups excluding carboxylic acids is 1. The van der Waals surface area contributed by atoms with E-state index in [1.165, 1.54) is 6.07 Å². The Morgan fingerprint density at radius 1 is 1.38 bits per heavy atom. The number of nitrogens with zero attached hydrogens (tertiary/aromatic N) is 1. The molecule has 1 atom stereocenters. The Labute approximate surface area is 148 Å². The summed E-state index contributed by atoms with van der Waals surface area (Å²) in [5.41, 5.74) is 1.47. The summed E-state index contributed by atoms with van der Waals surface area (Å²) in [4.78, 5) is 14.4. The van der Waals surface area contributed by atoms with Gasteiger partial charge in [0, 0.05) is 29.5 Å². The third-order valence-corrected chi connectivity index (χ3v) is 4.45. The van der Waals surface area contributed by atoms with Gasteiger partial charge in [0.15, 0.2) is 6.10 Å². The van der Waals surface area contributed by atoms with Crippen molar-refractivity contribution >= 4 is 21.8 Å². The highest BCUT2D eigenvalue weighted by atomic mass is 79.9. The molecular formula is C19H17BrFNO2. The van der Waals surface area contributed by atoms with E-state index in [0.29, 0.717) is 18.5 Å². The number of fused-ring (bicyclic) bond motifs is 1. The molecule has 0 radical (unpaired) electrons. The largest absolute Gasteiger partial charge is 0.480 e. The minimum absolute atomic E-state index is 0.162. The highest BCUT2D eigenvalue weighted by Gasteiger charge is 2.32. The SMILES string of the molecule is C=CCN(Cc1cc(Br)ccc1F)C(=O)C1Cc2ccccc2O1. The van der Waals surface area contributed by atoms with Crippen LogP contribution in [0.5, 0.6) is 5.75 Å². The monoisotopic (exact) mass is 389 g/mol. The molecule has 1 amide bonds. The molecule has 0 N–H and O–H groups in total. The van der Waals surface area contributed by atoms with Crippen molar-refractivity contribution in [3.63, 3.8) is 0 Å². The third kappa shape index (κ3) is 3.51. The number of ether oxygens (including phenoxy) is 1. The van der Waals surface area contributed by atoms with Crippen molar-refractivity contribution in [2.24, 2.45) is 0 Å². The van der Waals surface area contributed by atoms with Crippen molar-refractivity contribution < 1.29 is 13.9 Å². The number of rotatable bonds is 5. The summed E-state index contributed by atoms with van der Waals surface area (Å²) in [5.74, 6) is 0.240. The molecule has 0 saturated carbocycles. The number of amides is 1. The topological polar surface area (TPSA) is 29.5 Å². The molecule has 1 heterocycles. The lowest BCUT2D eigenvalue weighted by Crippen LogP contribution is -2.41. The van der Waals surface area contributed by atoms with E-state index in [4.69, 9.17) is 4.74 Å². The fraction of sp³-hybridized carbons (Fsp3) is 0.211. The Morgan fingerprint density at radius 3 is 2.92 bits per heavy atom. The summed E-state index contributed by atoms with van der Waals surface area (Å²) >= 11 is 3.33. The van der Waals surface area contributed by atoms with Gasteiger partial charge in [-0.25, -0.2) is 4.39 Å². The lowest BCUT2D eigenvalue weighted by atomic mass is 10.1. The average Bonchev–Trinajstić information content (AvgIpc) is 3.01. The van der Waals surface area contributed by atoms with Gasteiger partial charge in [-0.2, -0.15) is 0 Å². The van der Waals surface area contributed by atoms with Crippen molar-refractivity contribution in [2.75, 3.05) is 6.54 Å². The van der Waals surface area contributed by atoms with E-state index in [0.717, 1.165) is 15.8 Å². The van der Waals surface area contributed by atoms with Crippen LogP contribution in [-0.4, -0.2) is 23.5 Å². The lowest BCUT2D eigenvalue weighted by Gasteiger charge is -2.24. The Bertz CT molecular complexity index is 753. The van der Waals surface area contributed by atoms with Gasteiger partial charge >= 0.3 is 0 Å². The molecule has 1 unspecified atom stereocenters. The zero-order chi connectivity index (χ0) is 17.1. The second-order valence-electron chi connectivity index (χ2n) is 5.66. The van der Waals surface area contributed by atoms with Gasteiger partial charge in [-0.05, 0) is 29.8 Å². The van der Waals surface area contributed by atoms with E-state index in [-0.39, 0.29) is 18.3 Å². The second kappa shape index (κ2) is 7.18. The fourth-order valence-corrected chi connectivity index (χ4v) is 3.19. The van der Waals surface area contributed by atoms with Gasteiger partial charge in [0.05, 0.1) is 0 Å². The molecule has 2 aromatic carbocycles. The van der Waals surface area contributed by atoms with Crippen molar-refractivity contribution in [2.45, 2.75) is 19.1 Å². The number of para-hydroxylation sites is 1. The van der Waals surface area contributed by atoms with E-state index < -0.39 is 6.10 Å². The molecule has 0 saturated heterocycles.